The summed E-state index contributed by atoms with van der Waals surface area (Å²) in [5.41, 5.74) is 6.28. The van der Waals surface area contributed by atoms with Gasteiger partial charge < -0.3 is 10.5 Å². The van der Waals surface area contributed by atoms with Gasteiger partial charge in [0, 0.05) is 6.42 Å². The summed E-state index contributed by atoms with van der Waals surface area (Å²) in [5, 5.41) is 0. The number of benzene rings is 1. The smallest absolute Gasteiger partial charge is 0.425 e. The second kappa shape index (κ2) is 6.80. The van der Waals surface area contributed by atoms with Crippen LogP contribution in [0.15, 0.2) is 24.3 Å². The van der Waals surface area contributed by atoms with E-state index in [0.717, 1.165) is 12.0 Å². The lowest BCUT2D eigenvalue weighted by Gasteiger charge is -2.21. The number of hydrogen-bond donors (Lipinski definition) is 1. The van der Waals surface area contributed by atoms with Crippen molar-refractivity contribution in [2.24, 2.45) is 5.73 Å². The second-order valence-electron chi connectivity index (χ2n) is 4.60. The topological polar surface area (TPSA) is 35.2 Å². The fourth-order valence-electron chi connectivity index (χ4n) is 1.72. The van der Waals surface area contributed by atoms with Crippen molar-refractivity contribution in [3.05, 3.63) is 29.8 Å². The molecule has 0 fully saturated rings. The predicted octanol–water partition coefficient (Wildman–Crippen LogP) is 3.86. The van der Waals surface area contributed by atoms with Crippen LogP contribution in [0, 0.1) is 0 Å². The quantitative estimate of drug-likeness (QED) is 0.855. The minimum atomic E-state index is -4.39. The molecule has 0 bridgehead atoms. The molecule has 1 rings (SSSR count). The molecular weight excluding hydrogens is 255 g/mol. The fourth-order valence-corrected chi connectivity index (χ4v) is 1.72. The Morgan fingerprint density at radius 3 is 2.21 bits per heavy atom. The maximum Gasteiger partial charge on any atom is 0.425 e. The zero-order chi connectivity index (χ0) is 14.5. The first kappa shape index (κ1) is 15.8. The molecule has 2 nitrogen and oxygen atoms in total. The molecule has 0 amide bonds. The molecule has 0 saturated carbocycles. The van der Waals surface area contributed by atoms with Crippen LogP contribution in [0.25, 0.3) is 0 Å². The monoisotopic (exact) mass is 275 g/mol. The largest absolute Gasteiger partial charge is 0.481 e. The zero-order valence-electron chi connectivity index (χ0n) is 11.2. The number of alkyl halides is 3. The summed E-state index contributed by atoms with van der Waals surface area (Å²) in [6, 6.07) is 6.77. The van der Waals surface area contributed by atoms with Crippen molar-refractivity contribution in [1.82, 2.24) is 0 Å². The van der Waals surface area contributed by atoms with Crippen LogP contribution < -0.4 is 10.5 Å². The summed E-state index contributed by atoms with van der Waals surface area (Å²) in [4.78, 5) is 0. The van der Waals surface area contributed by atoms with E-state index in [0.29, 0.717) is 5.92 Å². The molecule has 0 saturated heterocycles. The Hall–Kier alpha value is -1.23. The lowest BCUT2D eigenvalue weighted by Crippen LogP contribution is -2.36. The first-order valence-corrected chi connectivity index (χ1v) is 6.41. The number of halogens is 3. The van der Waals surface area contributed by atoms with Crippen LogP contribution in [0.3, 0.4) is 0 Å². The Kier molecular flexibility index (Phi) is 5.66. The number of hydrogen-bond acceptors (Lipinski definition) is 2. The highest BCUT2D eigenvalue weighted by molar-refractivity contribution is 5.29. The highest BCUT2D eigenvalue weighted by Crippen LogP contribution is 2.28. The number of rotatable bonds is 6. The van der Waals surface area contributed by atoms with Gasteiger partial charge in [-0.25, -0.2) is 0 Å². The summed E-state index contributed by atoms with van der Waals surface area (Å²) in [6.07, 6.45) is -5.49. The van der Waals surface area contributed by atoms with Gasteiger partial charge in [0.2, 0.25) is 0 Å². The third-order valence-electron chi connectivity index (χ3n) is 3.13. The van der Waals surface area contributed by atoms with E-state index < -0.39 is 12.3 Å². The average molecular weight is 275 g/mol. The van der Waals surface area contributed by atoms with Gasteiger partial charge in [-0.05, 0) is 36.6 Å². The van der Waals surface area contributed by atoms with Gasteiger partial charge in [0.1, 0.15) is 5.75 Å². The summed E-state index contributed by atoms with van der Waals surface area (Å²) in [6.45, 7) is 4.08. The first-order chi connectivity index (χ1) is 8.88. The molecule has 0 aliphatic rings. The molecule has 0 heterocycles. The van der Waals surface area contributed by atoms with E-state index in [9.17, 15) is 13.2 Å². The lowest BCUT2D eigenvalue weighted by molar-refractivity contribution is -0.196. The molecule has 0 spiro atoms. The van der Waals surface area contributed by atoms with Crippen molar-refractivity contribution in [3.63, 3.8) is 0 Å². The standard InChI is InChI=1S/C14H20F3NO/c1-3-10(2)11-4-6-12(7-5-11)19-13(8-9-18)14(15,16)17/h4-7,10,13H,3,8-9,18H2,1-2H3. The van der Waals surface area contributed by atoms with E-state index in [1.807, 2.05) is 0 Å². The Morgan fingerprint density at radius 1 is 1.21 bits per heavy atom. The van der Waals surface area contributed by atoms with Gasteiger partial charge in [-0.2, -0.15) is 13.2 Å². The van der Waals surface area contributed by atoms with Crippen LogP contribution in [0.1, 0.15) is 38.2 Å². The molecule has 2 atom stereocenters. The third kappa shape index (κ3) is 4.74. The Morgan fingerprint density at radius 2 is 1.79 bits per heavy atom. The maximum absolute atomic E-state index is 12.7. The lowest BCUT2D eigenvalue weighted by atomic mass is 9.99. The molecule has 1 aromatic rings. The van der Waals surface area contributed by atoms with E-state index in [-0.39, 0.29) is 18.7 Å². The van der Waals surface area contributed by atoms with Crippen LogP contribution in [-0.2, 0) is 0 Å². The van der Waals surface area contributed by atoms with Gasteiger partial charge in [-0.15, -0.1) is 0 Å². The molecule has 5 heteroatoms. The molecule has 2 unspecified atom stereocenters. The van der Waals surface area contributed by atoms with Crippen molar-refractivity contribution in [2.75, 3.05) is 6.54 Å². The molecule has 19 heavy (non-hydrogen) atoms. The van der Waals surface area contributed by atoms with Gasteiger partial charge in [0.25, 0.3) is 0 Å². The van der Waals surface area contributed by atoms with Crippen molar-refractivity contribution in [2.45, 2.75) is 44.9 Å². The van der Waals surface area contributed by atoms with Crippen molar-refractivity contribution in [1.29, 1.82) is 0 Å². The van der Waals surface area contributed by atoms with Crippen molar-refractivity contribution in [3.8, 4) is 5.75 Å². The Labute approximate surface area is 111 Å². The maximum atomic E-state index is 12.7. The second-order valence-corrected chi connectivity index (χ2v) is 4.60. The minimum Gasteiger partial charge on any atom is -0.481 e. The minimum absolute atomic E-state index is 0.0604. The SMILES string of the molecule is CCC(C)c1ccc(OC(CCN)C(F)(F)F)cc1. The van der Waals surface area contributed by atoms with E-state index in [4.69, 9.17) is 10.5 Å². The summed E-state index contributed by atoms with van der Waals surface area (Å²) in [7, 11) is 0. The van der Waals surface area contributed by atoms with Crippen LogP contribution >= 0.6 is 0 Å². The number of ether oxygens (including phenoxy) is 1. The first-order valence-electron chi connectivity index (χ1n) is 6.41. The van der Waals surface area contributed by atoms with E-state index >= 15 is 0 Å². The normalized spacial score (nSPS) is 15.1. The predicted molar refractivity (Wildman–Crippen MR) is 69.3 cm³/mol. The van der Waals surface area contributed by atoms with Crippen LogP contribution in [0.2, 0.25) is 0 Å². The average Bonchev–Trinajstić information content (AvgIpc) is 2.37. The van der Waals surface area contributed by atoms with E-state index in [2.05, 4.69) is 13.8 Å². The molecule has 1 aromatic carbocycles. The van der Waals surface area contributed by atoms with Crippen molar-refractivity contribution < 1.29 is 17.9 Å². The Bertz CT molecular complexity index is 375. The summed E-state index contributed by atoms with van der Waals surface area (Å²) < 4.78 is 43.0. The number of nitrogens with two attached hydrogens (primary N) is 1. The van der Waals surface area contributed by atoms with E-state index in [1.165, 1.54) is 0 Å². The molecule has 0 aliphatic carbocycles. The zero-order valence-corrected chi connectivity index (χ0v) is 11.2. The van der Waals surface area contributed by atoms with Crippen LogP contribution in [0.4, 0.5) is 13.2 Å². The van der Waals surface area contributed by atoms with Gasteiger partial charge >= 0.3 is 6.18 Å². The fraction of sp³-hybridized carbons (Fsp3) is 0.571. The van der Waals surface area contributed by atoms with Gasteiger partial charge in [0.15, 0.2) is 6.10 Å². The summed E-state index contributed by atoms with van der Waals surface area (Å²) >= 11 is 0. The molecule has 0 aromatic heterocycles. The van der Waals surface area contributed by atoms with Gasteiger partial charge in [0.05, 0.1) is 0 Å². The molecule has 0 radical (unpaired) electrons. The van der Waals surface area contributed by atoms with Gasteiger partial charge in [-0.1, -0.05) is 26.0 Å². The highest BCUT2D eigenvalue weighted by Gasteiger charge is 2.41. The Balaban J connectivity index is 2.75. The third-order valence-corrected chi connectivity index (χ3v) is 3.13. The van der Waals surface area contributed by atoms with Crippen LogP contribution in [0.5, 0.6) is 5.75 Å². The van der Waals surface area contributed by atoms with Gasteiger partial charge in [-0.3, -0.25) is 0 Å². The van der Waals surface area contributed by atoms with E-state index in [1.54, 1.807) is 24.3 Å². The molecular formula is C14H20F3NO. The highest BCUT2D eigenvalue weighted by atomic mass is 19.4. The molecule has 108 valence electrons. The van der Waals surface area contributed by atoms with Crippen molar-refractivity contribution >= 4 is 0 Å². The molecule has 0 aliphatic heterocycles. The van der Waals surface area contributed by atoms with Crippen LogP contribution in [-0.4, -0.2) is 18.8 Å². The molecule has 2 N–H and O–H groups in total. The summed E-state index contributed by atoms with van der Waals surface area (Å²) in [5.74, 6) is 0.610.